The molecule has 0 heterocycles. The van der Waals surface area contributed by atoms with Gasteiger partial charge in [0.25, 0.3) is 0 Å². The Morgan fingerprint density at radius 1 is 0.821 bits per heavy atom. The Bertz CT molecular complexity index is 916. The molecular formula is C18H16Cl2N4O4. The van der Waals surface area contributed by atoms with Gasteiger partial charge < -0.3 is 21.3 Å². The molecule has 0 unspecified atom stereocenters. The second-order valence-electron chi connectivity index (χ2n) is 5.54. The molecule has 2 rings (SSSR count). The zero-order valence-electron chi connectivity index (χ0n) is 14.6. The highest BCUT2D eigenvalue weighted by molar-refractivity contribution is 6.44. The van der Waals surface area contributed by atoms with E-state index in [-0.39, 0.29) is 21.6 Å². The smallest absolute Gasteiger partial charge is 0.313 e. The van der Waals surface area contributed by atoms with Gasteiger partial charge in [0.1, 0.15) is 0 Å². The molecule has 0 spiro atoms. The van der Waals surface area contributed by atoms with Gasteiger partial charge >= 0.3 is 11.8 Å². The summed E-state index contributed by atoms with van der Waals surface area (Å²) < 4.78 is 0. The Kier molecular flexibility index (Phi) is 7.36. The van der Waals surface area contributed by atoms with E-state index in [0.29, 0.717) is 11.4 Å². The molecule has 4 amide bonds. The number of anilines is 3. The predicted molar refractivity (Wildman–Crippen MR) is 107 cm³/mol. The Morgan fingerprint density at radius 3 is 2.04 bits per heavy atom. The lowest BCUT2D eigenvalue weighted by Crippen LogP contribution is -2.39. The third-order valence-electron chi connectivity index (χ3n) is 3.30. The SMILES string of the molecule is CC(=O)Nc1ccc(NC(=O)C(=O)NCC(=O)Nc2cccc(Cl)c2Cl)cc1. The number of carbonyl (C=O) groups is 4. The summed E-state index contributed by atoms with van der Waals surface area (Å²) in [6.07, 6.45) is 0. The minimum atomic E-state index is -0.988. The van der Waals surface area contributed by atoms with Crippen LogP contribution in [0.4, 0.5) is 17.1 Å². The van der Waals surface area contributed by atoms with Gasteiger partial charge in [-0.2, -0.15) is 0 Å². The van der Waals surface area contributed by atoms with Crippen LogP contribution in [0.3, 0.4) is 0 Å². The summed E-state index contributed by atoms with van der Waals surface area (Å²) in [5.74, 6) is -2.74. The van der Waals surface area contributed by atoms with Gasteiger partial charge in [-0.3, -0.25) is 19.2 Å². The van der Waals surface area contributed by atoms with Gasteiger partial charge in [-0.15, -0.1) is 0 Å². The molecule has 0 aliphatic carbocycles. The third kappa shape index (κ3) is 6.26. The lowest BCUT2D eigenvalue weighted by atomic mass is 10.2. The highest BCUT2D eigenvalue weighted by Gasteiger charge is 2.15. The van der Waals surface area contributed by atoms with Crippen LogP contribution in [-0.4, -0.2) is 30.2 Å². The van der Waals surface area contributed by atoms with E-state index in [1.54, 1.807) is 30.3 Å². The minimum absolute atomic E-state index is 0.171. The first-order chi connectivity index (χ1) is 13.3. The second-order valence-corrected chi connectivity index (χ2v) is 6.33. The van der Waals surface area contributed by atoms with Gasteiger partial charge in [0.15, 0.2) is 0 Å². The maximum atomic E-state index is 11.9. The Morgan fingerprint density at radius 2 is 1.43 bits per heavy atom. The van der Waals surface area contributed by atoms with Gasteiger partial charge in [0.2, 0.25) is 11.8 Å². The Balaban J connectivity index is 1.83. The monoisotopic (exact) mass is 422 g/mol. The molecule has 146 valence electrons. The van der Waals surface area contributed by atoms with Crippen molar-refractivity contribution in [3.8, 4) is 0 Å². The summed E-state index contributed by atoms with van der Waals surface area (Å²) in [5, 5.41) is 10.1. The fraction of sp³-hybridized carbons (Fsp3) is 0.111. The summed E-state index contributed by atoms with van der Waals surface area (Å²) in [6, 6.07) is 10.9. The number of hydrogen-bond acceptors (Lipinski definition) is 4. The molecule has 4 N–H and O–H groups in total. The lowest BCUT2D eigenvalue weighted by molar-refractivity contribution is -0.136. The normalized spacial score (nSPS) is 9.96. The number of rotatable bonds is 5. The standard InChI is InChI=1S/C18H16Cl2N4O4/c1-10(25)22-11-5-7-12(8-6-11)23-18(28)17(27)21-9-15(26)24-14-4-2-3-13(19)16(14)20/h2-8H,9H2,1H3,(H,21,27)(H,22,25)(H,23,28)(H,24,26). The van der Waals surface area contributed by atoms with Gasteiger partial charge in [-0.05, 0) is 36.4 Å². The van der Waals surface area contributed by atoms with Crippen molar-refractivity contribution in [1.29, 1.82) is 0 Å². The quantitative estimate of drug-likeness (QED) is 0.554. The minimum Gasteiger partial charge on any atom is -0.339 e. The Hall–Kier alpha value is -3.10. The first-order valence-electron chi connectivity index (χ1n) is 7.97. The molecule has 0 saturated heterocycles. The number of nitrogens with one attached hydrogen (secondary N) is 4. The van der Waals surface area contributed by atoms with E-state index >= 15 is 0 Å². The van der Waals surface area contributed by atoms with Crippen molar-refractivity contribution in [1.82, 2.24) is 5.32 Å². The summed E-state index contributed by atoms with van der Waals surface area (Å²) in [4.78, 5) is 46.6. The van der Waals surface area contributed by atoms with E-state index in [4.69, 9.17) is 23.2 Å². The third-order valence-corrected chi connectivity index (χ3v) is 4.12. The van der Waals surface area contributed by atoms with Crippen molar-refractivity contribution in [3.05, 3.63) is 52.5 Å². The largest absolute Gasteiger partial charge is 0.339 e. The maximum absolute atomic E-state index is 11.9. The summed E-state index contributed by atoms with van der Waals surface area (Å²) in [7, 11) is 0. The van der Waals surface area contributed by atoms with E-state index in [2.05, 4.69) is 21.3 Å². The lowest BCUT2D eigenvalue weighted by Gasteiger charge is -2.09. The molecular weight excluding hydrogens is 407 g/mol. The van der Waals surface area contributed by atoms with Crippen molar-refractivity contribution in [2.45, 2.75) is 6.92 Å². The number of carbonyl (C=O) groups excluding carboxylic acids is 4. The van der Waals surface area contributed by atoms with Crippen LogP contribution in [0.25, 0.3) is 0 Å². The topological polar surface area (TPSA) is 116 Å². The van der Waals surface area contributed by atoms with E-state index in [9.17, 15) is 19.2 Å². The first kappa shape index (κ1) is 21.2. The molecule has 2 aromatic carbocycles. The molecule has 2 aromatic rings. The summed E-state index contributed by atoms with van der Waals surface area (Å²) in [5.41, 5.74) is 1.19. The number of hydrogen-bond donors (Lipinski definition) is 4. The highest BCUT2D eigenvalue weighted by Crippen LogP contribution is 2.29. The molecule has 8 nitrogen and oxygen atoms in total. The molecule has 0 radical (unpaired) electrons. The number of halogens is 2. The van der Waals surface area contributed by atoms with Crippen LogP contribution in [0.1, 0.15) is 6.92 Å². The molecule has 0 aliphatic heterocycles. The second kappa shape index (κ2) is 9.72. The van der Waals surface area contributed by atoms with Crippen molar-refractivity contribution in [2.24, 2.45) is 0 Å². The average Bonchev–Trinajstić information content (AvgIpc) is 2.64. The van der Waals surface area contributed by atoms with Crippen LogP contribution in [0.2, 0.25) is 10.0 Å². The van der Waals surface area contributed by atoms with Crippen molar-refractivity contribution < 1.29 is 19.2 Å². The summed E-state index contributed by atoms with van der Waals surface area (Å²) in [6.45, 7) is 0.938. The van der Waals surface area contributed by atoms with E-state index < -0.39 is 24.3 Å². The fourth-order valence-electron chi connectivity index (χ4n) is 2.06. The van der Waals surface area contributed by atoms with E-state index in [1.165, 1.54) is 19.1 Å². The predicted octanol–water partition coefficient (Wildman–Crippen LogP) is 2.65. The molecule has 10 heteroatoms. The average molecular weight is 423 g/mol. The van der Waals surface area contributed by atoms with Gasteiger partial charge in [-0.25, -0.2) is 0 Å². The van der Waals surface area contributed by atoms with E-state index in [1.807, 2.05) is 0 Å². The molecule has 0 atom stereocenters. The molecule has 0 bridgehead atoms. The van der Waals surface area contributed by atoms with Crippen molar-refractivity contribution in [2.75, 3.05) is 22.5 Å². The zero-order valence-corrected chi connectivity index (χ0v) is 16.1. The molecule has 0 fully saturated rings. The molecule has 28 heavy (non-hydrogen) atoms. The van der Waals surface area contributed by atoms with Crippen LogP contribution >= 0.6 is 23.2 Å². The van der Waals surface area contributed by atoms with Crippen molar-refractivity contribution >= 4 is 63.9 Å². The maximum Gasteiger partial charge on any atom is 0.313 e. The fourth-order valence-corrected chi connectivity index (χ4v) is 2.41. The van der Waals surface area contributed by atoms with Crippen LogP contribution in [0, 0.1) is 0 Å². The highest BCUT2D eigenvalue weighted by atomic mass is 35.5. The Labute approximate surface area is 170 Å². The van der Waals surface area contributed by atoms with Gasteiger partial charge in [-0.1, -0.05) is 29.3 Å². The van der Waals surface area contributed by atoms with Crippen molar-refractivity contribution in [3.63, 3.8) is 0 Å². The molecule has 0 saturated carbocycles. The number of amides is 4. The number of benzene rings is 2. The van der Waals surface area contributed by atoms with Gasteiger partial charge in [0.05, 0.1) is 22.3 Å². The molecule has 0 aliphatic rings. The zero-order chi connectivity index (χ0) is 20.7. The van der Waals surface area contributed by atoms with Crippen LogP contribution in [0.5, 0.6) is 0 Å². The van der Waals surface area contributed by atoms with Gasteiger partial charge in [0, 0.05) is 18.3 Å². The van der Waals surface area contributed by atoms with Crippen LogP contribution < -0.4 is 21.3 Å². The molecule has 0 aromatic heterocycles. The van der Waals surface area contributed by atoms with Crippen LogP contribution in [-0.2, 0) is 19.2 Å². The van der Waals surface area contributed by atoms with Crippen LogP contribution in [0.15, 0.2) is 42.5 Å². The van der Waals surface area contributed by atoms with E-state index in [0.717, 1.165) is 0 Å². The summed E-state index contributed by atoms with van der Waals surface area (Å²) >= 11 is 11.8. The first-order valence-corrected chi connectivity index (χ1v) is 8.72.